The molecule has 0 aliphatic carbocycles. The van der Waals surface area contributed by atoms with Crippen LogP contribution in [0.4, 0.5) is 0 Å². The van der Waals surface area contributed by atoms with E-state index in [4.69, 9.17) is 0 Å². The van der Waals surface area contributed by atoms with E-state index in [9.17, 15) is 0 Å². The van der Waals surface area contributed by atoms with E-state index in [1.165, 1.54) is 143 Å². The fourth-order valence-electron chi connectivity index (χ4n) is 12.5. The lowest BCUT2D eigenvalue weighted by atomic mass is 9.73. The van der Waals surface area contributed by atoms with Crippen molar-refractivity contribution in [1.29, 1.82) is 0 Å². The van der Waals surface area contributed by atoms with Crippen molar-refractivity contribution in [3.05, 3.63) is 203 Å². The lowest BCUT2D eigenvalue weighted by Crippen LogP contribution is -2.18. The van der Waals surface area contributed by atoms with Crippen LogP contribution in [0.25, 0.3) is 110 Å². The number of hydrogen-bond donors (Lipinski definition) is 0. The molecule has 4 aromatic heterocycles. The van der Waals surface area contributed by atoms with Gasteiger partial charge in [-0.3, -0.25) is 0 Å². The van der Waals surface area contributed by atoms with Crippen molar-refractivity contribution >= 4 is 87.0 Å². The number of hydrogen-bond acceptors (Lipinski definition) is 0. The van der Waals surface area contributed by atoms with Gasteiger partial charge in [-0.1, -0.05) is 114 Å². The van der Waals surface area contributed by atoms with Crippen LogP contribution in [0.15, 0.2) is 170 Å². The topological polar surface area (TPSA) is 19.7 Å². The molecular weight excluding hydrogens is 849 g/mol. The summed E-state index contributed by atoms with van der Waals surface area (Å²) in [6.45, 7) is 23.7. The van der Waals surface area contributed by atoms with E-state index in [2.05, 4.69) is 257 Å². The van der Waals surface area contributed by atoms with Gasteiger partial charge in [-0.05, 0) is 179 Å². The molecule has 0 spiro atoms. The van der Waals surface area contributed by atoms with Gasteiger partial charge in [0.15, 0.2) is 0 Å². The fraction of sp³-hybridized carbons (Fsp3) is 0.182. The van der Waals surface area contributed by atoms with Gasteiger partial charge in [0.2, 0.25) is 0 Å². The normalized spacial score (nSPS) is 12.7. The Morgan fingerprint density at radius 1 is 0.257 bits per heavy atom. The molecule has 9 aromatic carbocycles. The van der Waals surface area contributed by atoms with Crippen LogP contribution in [0.2, 0.25) is 0 Å². The minimum absolute atomic E-state index is 0.155. The van der Waals surface area contributed by atoms with Gasteiger partial charge in [-0.15, -0.1) is 0 Å². The van der Waals surface area contributed by atoms with Gasteiger partial charge in [0, 0.05) is 66.5 Å². The van der Waals surface area contributed by atoms with E-state index in [-0.39, 0.29) is 10.8 Å². The monoisotopic (exact) mass is 906 g/mol. The summed E-state index contributed by atoms with van der Waals surface area (Å²) < 4.78 is 9.86. The summed E-state index contributed by atoms with van der Waals surface area (Å²) in [4.78, 5) is 0. The maximum absolute atomic E-state index is 2.55. The second kappa shape index (κ2) is 14.8. The number of aryl methyl sites for hydroxylation is 2. The Labute approximate surface area is 409 Å². The largest absolute Gasteiger partial charge is 0.314 e. The summed E-state index contributed by atoms with van der Waals surface area (Å²) in [7, 11) is 0. The summed E-state index contributed by atoms with van der Waals surface area (Å²) in [5.74, 6) is 0. The van der Waals surface area contributed by atoms with Gasteiger partial charge < -0.3 is 18.3 Å². The molecule has 0 radical (unpaired) electrons. The van der Waals surface area contributed by atoms with Crippen LogP contribution in [0.1, 0.15) is 75.2 Å². The van der Waals surface area contributed by atoms with E-state index >= 15 is 0 Å². The number of para-hydroxylation sites is 4. The molecule has 0 bridgehead atoms. The van der Waals surface area contributed by atoms with Crippen LogP contribution in [0, 0.1) is 27.7 Å². The summed E-state index contributed by atoms with van der Waals surface area (Å²) in [5.41, 5.74) is 19.8. The number of aromatic nitrogens is 4. The van der Waals surface area contributed by atoms with Crippen molar-refractivity contribution in [2.75, 3.05) is 0 Å². The van der Waals surface area contributed by atoms with Gasteiger partial charge in [0.25, 0.3) is 0 Å². The zero-order chi connectivity index (χ0) is 48.1. The van der Waals surface area contributed by atoms with E-state index in [0.717, 1.165) is 0 Å². The first-order chi connectivity index (χ1) is 33.7. The zero-order valence-electron chi connectivity index (χ0n) is 42.0. The molecule has 13 aromatic rings. The van der Waals surface area contributed by atoms with Crippen LogP contribution < -0.4 is 0 Å². The first-order valence-electron chi connectivity index (χ1n) is 24.9. The molecule has 0 aliphatic heterocycles. The van der Waals surface area contributed by atoms with Gasteiger partial charge in [-0.2, -0.15) is 0 Å². The highest BCUT2D eigenvalue weighted by Gasteiger charge is 2.30. The summed E-state index contributed by atoms with van der Waals surface area (Å²) >= 11 is 0. The lowest BCUT2D eigenvalue weighted by Gasteiger charge is -2.31. The fourth-order valence-corrected chi connectivity index (χ4v) is 12.5. The number of fused-ring (bicyclic) bond motifs is 10. The average Bonchev–Trinajstić information content (AvgIpc) is 4.02. The maximum Gasteiger partial charge on any atom is 0.0542 e. The number of rotatable bonds is 4. The van der Waals surface area contributed by atoms with Gasteiger partial charge in [-0.25, -0.2) is 0 Å². The third kappa shape index (κ3) is 5.95. The predicted octanol–water partition coefficient (Wildman–Crippen LogP) is 17.9. The summed E-state index contributed by atoms with van der Waals surface area (Å²) in [6.07, 6.45) is 0. The molecule has 0 saturated carbocycles. The predicted molar refractivity (Wildman–Crippen MR) is 300 cm³/mol. The van der Waals surface area contributed by atoms with Gasteiger partial charge in [0.1, 0.15) is 0 Å². The highest BCUT2D eigenvalue weighted by atomic mass is 15.0. The Morgan fingerprint density at radius 3 is 0.986 bits per heavy atom. The standard InChI is InChI=1S/C66H58N4/c1-39-41(3)67(45-29-31-59-51(33-45)47-25-17-19-27-57(47)69(59)43-21-13-11-14-22-43)61-37-55-53(35-49(39)61)63(65(5,6)7)56-38-62-50(36-54(56)64(55)66(8,9)10)40(2)42(4)68(62)46-30-32-60-52(34-46)48-26-18-20-28-58(48)70(60)44-23-15-12-16-24-44/h11-38H,1-10H3. The highest BCUT2D eigenvalue weighted by Crippen LogP contribution is 2.48. The maximum atomic E-state index is 2.55. The molecule has 0 N–H and O–H groups in total. The number of benzene rings is 9. The summed E-state index contributed by atoms with van der Waals surface area (Å²) in [5, 5.41) is 13.0. The van der Waals surface area contributed by atoms with Crippen LogP contribution >= 0.6 is 0 Å². The molecule has 4 heterocycles. The van der Waals surface area contributed by atoms with Crippen LogP contribution in [0.5, 0.6) is 0 Å². The molecule has 13 rings (SSSR count). The molecule has 0 unspecified atom stereocenters. The number of nitrogens with zero attached hydrogens (tertiary/aromatic N) is 4. The van der Waals surface area contributed by atoms with Crippen molar-refractivity contribution in [3.8, 4) is 22.7 Å². The summed E-state index contributed by atoms with van der Waals surface area (Å²) in [6, 6.07) is 63.5. The molecule has 70 heavy (non-hydrogen) atoms. The van der Waals surface area contributed by atoms with Crippen LogP contribution in [0.3, 0.4) is 0 Å². The van der Waals surface area contributed by atoms with Crippen LogP contribution in [-0.2, 0) is 10.8 Å². The molecular formula is C66H58N4. The third-order valence-electron chi connectivity index (χ3n) is 15.8. The SMILES string of the molecule is Cc1c(C)n(-c2ccc3c(c2)c2ccccc2n3-c2ccccc2)c2cc3c(C(C)(C)C)c4cc5c(C)c(C)n(-c6ccc7c(c6)c6ccccc6n7-c6ccccc6)c5cc4c(C(C)(C)C)c3cc12. The molecule has 4 heteroatoms. The minimum atomic E-state index is -0.155. The second-order valence-electron chi connectivity index (χ2n) is 22.0. The Morgan fingerprint density at radius 2 is 0.600 bits per heavy atom. The average molecular weight is 907 g/mol. The Kier molecular flexibility index (Phi) is 8.97. The molecule has 0 atom stereocenters. The second-order valence-corrected chi connectivity index (χ2v) is 22.0. The quantitative estimate of drug-likeness (QED) is 0.157. The molecule has 0 fully saturated rings. The van der Waals surface area contributed by atoms with Crippen molar-refractivity contribution in [3.63, 3.8) is 0 Å². The minimum Gasteiger partial charge on any atom is -0.314 e. The zero-order valence-corrected chi connectivity index (χ0v) is 42.0. The Bertz CT molecular complexity index is 4040. The third-order valence-corrected chi connectivity index (χ3v) is 15.8. The van der Waals surface area contributed by atoms with Crippen molar-refractivity contribution < 1.29 is 0 Å². The smallest absolute Gasteiger partial charge is 0.0542 e. The Hall–Kier alpha value is -7.82. The van der Waals surface area contributed by atoms with Crippen LogP contribution in [-0.4, -0.2) is 18.3 Å². The molecule has 342 valence electrons. The first kappa shape index (κ1) is 42.3. The molecule has 4 nitrogen and oxygen atoms in total. The van der Waals surface area contributed by atoms with E-state index in [1.807, 2.05) is 0 Å². The van der Waals surface area contributed by atoms with Gasteiger partial charge >= 0.3 is 0 Å². The van der Waals surface area contributed by atoms with E-state index in [1.54, 1.807) is 0 Å². The molecule has 0 aliphatic rings. The van der Waals surface area contributed by atoms with Gasteiger partial charge in [0.05, 0.1) is 33.1 Å². The first-order valence-corrected chi connectivity index (χ1v) is 24.9. The highest BCUT2D eigenvalue weighted by molar-refractivity contribution is 6.16. The van der Waals surface area contributed by atoms with Crippen molar-refractivity contribution in [1.82, 2.24) is 18.3 Å². The Balaban J connectivity index is 1.07. The van der Waals surface area contributed by atoms with Crippen molar-refractivity contribution in [2.24, 2.45) is 0 Å². The van der Waals surface area contributed by atoms with E-state index < -0.39 is 0 Å². The van der Waals surface area contributed by atoms with Crippen molar-refractivity contribution in [2.45, 2.75) is 80.1 Å². The molecule has 0 saturated heterocycles. The van der Waals surface area contributed by atoms with E-state index in [0.29, 0.717) is 0 Å². The lowest BCUT2D eigenvalue weighted by molar-refractivity contribution is 0.593. The molecule has 0 amide bonds.